The Morgan fingerprint density at radius 2 is 1.36 bits per heavy atom. The van der Waals surface area contributed by atoms with E-state index in [2.05, 4.69) is 9.97 Å². The van der Waals surface area contributed by atoms with Gasteiger partial charge < -0.3 is 0 Å². The van der Waals surface area contributed by atoms with Gasteiger partial charge in [-0.1, -0.05) is 12.1 Å². The fraction of sp³-hybridized carbons (Fsp3) is 0. The van der Waals surface area contributed by atoms with E-state index in [1.807, 2.05) is 0 Å². The molecule has 0 unspecified atom stereocenters. The number of halogens is 2. The first-order valence-electron chi connectivity index (χ1n) is 3.99. The molecule has 0 saturated carbocycles. The van der Waals surface area contributed by atoms with Gasteiger partial charge in [-0.3, -0.25) is 0 Å². The highest BCUT2D eigenvalue weighted by Gasteiger charge is 1.99. The third kappa shape index (κ3) is 1.74. The number of benzene rings is 1. The van der Waals surface area contributed by atoms with Crippen LogP contribution in [0.1, 0.15) is 0 Å². The number of rotatable bonds is 1. The Morgan fingerprint density at radius 3 is 1.93 bits per heavy atom. The van der Waals surface area contributed by atoms with Gasteiger partial charge in [0.05, 0.1) is 0 Å². The van der Waals surface area contributed by atoms with E-state index in [1.54, 1.807) is 12.1 Å². The number of nitrogens with zero attached hydrogens (tertiary/aromatic N) is 2. The fourth-order valence-corrected chi connectivity index (χ4v) is 1.10. The summed E-state index contributed by atoms with van der Waals surface area (Å²) in [5, 5.41) is 0. The molecule has 0 aliphatic rings. The highest BCUT2D eigenvalue weighted by molar-refractivity contribution is 5.60. The molecule has 2 nitrogen and oxygen atoms in total. The monoisotopic (exact) mass is 192 g/mol. The smallest absolute Gasteiger partial charge is 0.210 e. The highest BCUT2D eigenvalue weighted by atomic mass is 19.1. The van der Waals surface area contributed by atoms with Crippen molar-refractivity contribution < 1.29 is 8.78 Å². The Morgan fingerprint density at radius 1 is 0.786 bits per heavy atom. The van der Waals surface area contributed by atoms with E-state index < -0.39 is 6.08 Å². The molecular weight excluding hydrogens is 186 g/mol. The fourth-order valence-electron chi connectivity index (χ4n) is 1.10. The largest absolute Gasteiger partial charge is 0.308 e. The van der Waals surface area contributed by atoms with Crippen LogP contribution in [0.25, 0.3) is 11.1 Å². The SMILES string of the molecule is Fc1ccc(-c2cnc(F)nc2)cc1. The summed E-state index contributed by atoms with van der Waals surface area (Å²) < 4.78 is 25.0. The number of hydrogen-bond donors (Lipinski definition) is 0. The third-order valence-electron chi connectivity index (χ3n) is 1.80. The molecule has 1 heterocycles. The molecular formula is C10H6F2N2. The first-order chi connectivity index (χ1) is 6.75. The maximum atomic E-state index is 12.6. The van der Waals surface area contributed by atoms with E-state index in [0.717, 1.165) is 5.56 Å². The topological polar surface area (TPSA) is 25.8 Å². The summed E-state index contributed by atoms with van der Waals surface area (Å²) in [6, 6.07) is 5.84. The molecule has 70 valence electrons. The molecule has 1 aromatic heterocycles. The predicted octanol–water partition coefficient (Wildman–Crippen LogP) is 2.42. The lowest BCUT2D eigenvalue weighted by molar-refractivity contribution is 0.539. The van der Waals surface area contributed by atoms with E-state index in [9.17, 15) is 8.78 Å². The Kier molecular flexibility index (Phi) is 2.18. The summed E-state index contributed by atoms with van der Waals surface area (Å²) in [5.41, 5.74) is 1.41. The van der Waals surface area contributed by atoms with E-state index in [0.29, 0.717) is 5.56 Å². The van der Waals surface area contributed by atoms with Gasteiger partial charge in [0.2, 0.25) is 0 Å². The van der Waals surface area contributed by atoms with Gasteiger partial charge in [0.15, 0.2) is 0 Å². The van der Waals surface area contributed by atoms with Crippen molar-refractivity contribution in [3.05, 3.63) is 48.6 Å². The van der Waals surface area contributed by atoms with Crippen molar-refractivity contribution >= 4 is 0 Å². The molecule has 4 heteroatoms. The molecule has 0 saturated heterocycles. The molecule has 0 fully saturated rings. The van der Waals surface area contributed by atoms with Gasteiger partial charge in [-0.2, -0.15) is 4.39 Å². The van der Waals surface area contributed by atoms with Crippen molar-refractivity contribution in [3.8, 4) is 11.1 Å². The first kappa shape index (κ1) is 8.74. The van der Waals surface area contributed by atoms with Gasteiger partial charge in [0.25, 0.3) is 0 Å². The molecule has 14 heavy (non-hydrogen) atoms. The van der Waals surface area contributed by atoms with Crippen LogP contribution in [-0.2, 0) is 0 Å². The van der Waals surface area contributed by atoms with Gasteiger partial charge in [-0.05, 0) is 17.7 Å². The zero-order chi connectivity index (χ0) is 9.97. The molecule has 0 radical (unpaired) electrons. The Balaban J connectivity index is 2.40. The first-order valence-corrected chi connectivity index (χ1v) is 3.99. The van der Waals surface area contributed by atoms with Crippen LogP contribution in [0, 0.1) is 11.9 Å². The lowest BCUT2D eigenvalue weighted by Gasteiger charge is -1.99. The summed E-state index contributed by atoms with van der Waals surface area (Å²) in [6.45, 7) is 0. The molecule has 1 aromatic carbocycles. The summed E-state index contributed by atoms with van der Waals surface area (Å²) >= 11 is 0. The average molecular weight is 192 g/mol. The van der Waals surface area contributed by atoms with Crippen molar-refractivity contribution in [3.63, 3.8) is 0 Å². The minimum absolute atomic E-state index is 0.309. The summed E-state index contributed by atoms with van der Waals surface area (Å²) in [5.74, 6) is -0.309. The van der Waals surface area contributed by atoms with E-state index in [4.69, 9.17) is 0 Å². The van der Waals surface area contributed by atoms with Gasteiger partial charge in [-0.15, -0.1) is 0 Å². The van der Waals surface area contributed by atoms with E-state index in [1.165, 1.54) is 24.5 Å². The Bertz CT molecular complexity index is 379. The molecule has 0 N–H and O–H groups in total. The summed E-state index contributed by atoms with van der Waals surface area (Å²) in [6.07, 6.45) is 1.95. The average Bonchev–Trinajstić information content (AvgIpc) is 2.21. The molecule has 0 aliphatic carbocycles. The minimum Gasteiger partial charge on any atom is -0.210 e. The summed E-state index contributed by atoms with van der Waals surface area (Å²) in [4.78, 5) is 6.81. The second-order valence-corrected chi connectivity index (χ2v) is 2.75. The van der Waals surface area contributed by atoms with Crippen molar-refractivity contribution in [2.75, 3.05) is 0 Å². The Hall–Kier alpha value is -1.84. The van der Waals surface area contributed by atoms with Gasteiger partial charge in [0.1, 0.15) is 5.82 Å². The number of aromatic nitrogens is 2. The van der Waals surface area contributed by atoms with Crippen LogP contribution >= 0.6 is 0 Å². The zero-order valence-corrected chi connectivity index (χ0v) is 7.11. The zero-order valence-electron chi connectivity index (χ0n) is 7.11. The maximum absolute atomic E-state index is 12.6. The minimum atomic E-state index is -0.768. The normalized spacial score (nSPS) is 10.1. The second-order valence-electron chi connectivity index (χ2n) is 2.75. The van der Waals surface area contributed by atoms with Crippen molar-refractivity contribution in [1.82, 2.24) is 9.97 Å². The van der Waals surface area contributed by atoms with Crippen LogP contribution in [-0.4, -0.2) is 9.97 Å². The van der Waals surface area contributed by atoms with Crippen molar-refractivity contribution in [1.29, 1.82) is 0 Å². The van der Waals surface area contributed by atoms with Crippen LogP contribution in [0.15, 0.2) is 36.7 Å². The molecule has 0 aliphatic heterocycles. The van der Waals surface area contributed by atoms with E-state index >= 15 is 0 Å². The maximum Gasteiger partial charge on any atom is 0.308 e. The predicted molar refractivity (Wildman–Crippen MR) is 47.4 cm³/mol. The van der Waals surface area contributed by atoms with Crippen LogP contribution < -0.4 is 0 Å². The van der Waals surface area contributed by atoms with Gasteiger partial charge >= 0.3 is 6.08 Å². The van der Waals surface area contributed by atoms with Crippen LogP contribution in [0.4, 0.5) is 8.78 Å². The lowest BCUT2D eigenvalue weighted by atomic mass is 10.1. The molecule has 2 aromatic rings. The van der Waals surface area contributed by atoms with Crippen LogP contribution in [0.5, 0.6) is 0 Å². The van der Waals surface area contributed by atoms with E-state index in [-0.39, 0.29) is 5.82 Å². The Labute approximate surface area is 79.3 Å². The van der Waals surface area contributed by atoms with Crippen LogP contribution in [0.3, 0.4) is 0 Å². The standard InChI is InChI=1S/C10H6F2N2/c11-9-3-1-7(2-4-9)8-5-13-10(12)14-6-8/h1-6H. The molecule has 0 bridgehead atoms. The van der Waals surface area contributed by atoms with Gasteiger partial charge in [0, 0.05) is 18.0 Å². The third-order valence-corrected chi connectivity index (χ3v) is 1.80. The second kappa shape index (κ2) is 3.49. The lowest BCUT2D eigenvalue weighted by Crippen LogP contribution is -1.88. The molecule has 2 rings (SSSR count). The quantitative estimate of drug-likeness (QED) is 0.648. The van der Waals surface area contributed by atoms with Crippen LogP contribution in [0.2, 0.25) is 0 Å². The van der Waals surface area contributed by atoms with Crippen molar-refractivity contribution in [2.45, 2.75) is 0 Å². The summed E-state index contributed by atoms with van der Waals surface area (Å²) in [7, 11) is 0. The number of hydrogen-bond acceptors (Lipinski definition) is 2. The van der Waals surface area contributed by atoms with Crippen molar-refractivity contribution in [2.24, 2.45) is 0 Å². The highest BCUT2D eigenvalue weighted by Crippen LogP contribution is 2.17. The molecule has 0 amide bonds. The molecule has 0 atom stereocenters. The molecule has 0 spiro atoms. The van der Waals surface area contributed by atoms with Gasteiger partial charge in [-0.25, -0.2) is 14.4 Å².